The molecule has 190 valence electrons. The molecule has 1 amide bonds. The van der Waals surface area contributed by atoms with Gasteiger partial charge in [-0.2, -0.15) is 0 Å². The number of nitrogens with zero attached hydrogens (tertiary/aromatic N) is 2. The molecule has 3 rings (SSSR count). The van der Waals surface area contributed by atoms with Crippen LogP contribution in [-0.2, 0) is 16.1 Å². The maximum Gasteiger partial charge on any atom is 0.514 e. The number of halogens is 1. The molecule has 1 fully saturated rings. The van der Waals surface area contributed by atoms with E-state index < -0.39 is 11.8 Å². The number of methoxy groups -OCH3 is 1. The van der Waals surface area contributed by atoms with E-state index in [1.165, 1.54) is 0 Å². The number of amides is 1. The third-order valence-electron chi connectivity index (χ3n) is 5.41. The largest absolute Gasteiger partial charge is 0.514 e. The third-order valence-corrected chi connectivity index (χ3v) is 5.74. The van der Waals surface area contributed by atoms with Crippen molar-refractivity contribution in [1.82, 2.24) is 9.80 Å². The highest BCUT2D eigenvalue weighted by Gasteiger charge is 2.21. The van der Waals surface area contributed by atoms with Crippen LogP contribution in [0.2, 0.25) is 5.02 Å². The number of hydrogen-bond acceptors (Lipinski definition) is 7. The van der Waals surface area contributed by atoms with Gasteiger partial charge in [0.15, 0.2) is 11.5 Å². The Morgan fingerprint density at radius 2 is 1.71 bits per heavy atom. The summed E-state index contributed by atoms with van der Waals surface area (Å²) in [5.74, 6) is 0.718. The van der Waals surface area contributed by atoms with Gasteiger partial charge in [-0.15, -0.1) is 0 Å². The van der Waals surface area contributed by atoms with Gasteiger partial charge in [0.2, 0.25) is 5.91 Å². The molecular formula is C26H34ClN3O5. The number of para-hydroxylation sites is 1. The standard InChI is InChI=1S/C26H34ClN3O5/c1-26(2,3)35-25(32)34-22-11-10-19(16-23(22)33-4)17-29-12-7-13-30(15-14-29)18-24(31)28-21-9-6-5-8-20(21)27/h5-6,8-11,16H,7,12-15,17-18H2,1-4H3,(H,28,31). The van der Waals surface area contributed by atoms with Crippen LogP contribution in [0.4, 0.5) is 10.5 Å². The highest BCUT2D eigenvalue weighted by atomic mass is 35.5. The normalized spacial score (nSPS) is 15.2. The lowest BCUT2D eigenvalue weighted by Gasteiger charge is -2.22. The second-order valence-electron chi connectivity index (χ2n) is 9.49. The number of nitrogens with one attached hydrogen (secondary N) is 1. The fourth-order valence-corrected chi connectivity index (χ4v) is 3.99. The third kappa shape index (κ3) is 8.72. The maximum atomic E-state index is 12.5. The van der Waals surface area contributed by atoms with Crippen LogP contribution >= 0.6 is 11.6 Å². The molecule has 9 heteroatoms. The monoisotopic (exact) mass is 503 g/mol. The number of rotatable bonds is 7. The van der Waals surface area contributed by atoms with Gasteiger partial charge < -0.3 is 19.5 Å². The van der Waals surface area contributed by atoms with Gasteiger partial charge in [-0.3, -0.25) is 14.6 Å². The Hall–Kier alpha value is -2.81. The molecule has 0 spiro atoms. The van der Waals surface area contributed by atoms with Gasteiger partial charge in [-0.1, -0.05) is 29.8 Å². The molecule has 2 aromatic carbocycles. The first-order valence-corrected chi connectivity index (χ1v) is 12.1. The van der Waals surface area contributed by atoms with E-state index in [2.05, 4.69) is 15.1 Å². The lowest BCUT2D eigenvalue weighted by atomic mass is 10.2. The summed E-state index contributed by atoms with van der Waals surface area (Å²) >= 11 is 6.14. The zero-order chi connectivity index (χ0) is 25.4. The van der Waals surface area contributed by atoms with Gasteiger partial charge in [0, 0.05) is 19.6 Å². The van der Waals surface area contributed by atoms with E-state index in [-0.39, 0.29) is 5.91 Å². The van der Waals surface area contributed by atoms with E-state index in [4.69, 9.17) is 25.8 Å². The Morgan fingerprint density at radius 3 is 2.43 bits per heavy atom. The minimum absolute atomic E-state index is 0.0723. The predicted octanol–water partition coefficient (Wildman–Crippen LogP) is 4.81. The fourth-order valence-electron chi connectivity index (χ4n) is 3.81. The Morgan fingerprint density at radius 1 is 1.00 bits per heavy atom. The smallest absolute Gasteiger partial charge is 0.493 e. The molecule has 35 heavy (non-hydrogen) atoms. The molecule has 0 aromatic heterocycles. The lowest BCUT2D eigenvalue weighted by molar-refractivity contribution is -0.117. The van der Waals surface area contributed by atoms with Gasteiger partial charge in [0.25, 0.3) is 0 Å². The summed E-state index contributed by atoms with van der Waals surface area (Å²) in [6.07, 6.45) is 0.186. The number of ether oxygens (including phenoxy) is 3. The van der Waals surface area contributed by atoms with E-state index in [0.29, 0.717) is 28.8 Å². The molecule has 0 atom stereocenters. The molecule has 0 unspecified atom stereocenters. The molecule has 0 radical (unpaired) electrons. The molecule has 2 aromatic rings. The molecule has 1 heterocycles. The van der Waals surface area contributed by atoms with Crippen LogP contribution in [0.3, 0.4) is 0 Å². The summed E-state index contributed by atoms with van der Waals surface area (Å²) in [6.45, 7) is 9.77. The van der Waals surface area contributed by atoms with Crippen LogP contribution in [0.5, 0.6) is 11.5 Å². The lowest BCUT2D eigenvalue weighted by Crippen LogP contribution is -2.36. The minimum atomic E-state index is -0.769. The molecule has 1 N–H and O–H groups in total. The van der Waals surface area contributed by atoms with Crippen molar-refractivity contribution in [2.24, 2.45) is 0 Å². The summed E-state index contributed by atoms with van der Waals surface area (Å²) in [7, 11) is 1.54. The first kappa shape index (κ1) is 26.8. The Labute approximate surface area is 212 Å². The topological polar surface area (TPSA) is 80.3 Å². The summed E-state index contributed by atoms with van der Waals surface area (Å²) < 4.78 is 16.0. The van der Waals surface area contributed by atoms with E-state index in [0.717, 1.165) is 44.7 Å². The molecule has 0 bridgehead atoms. The molecule has 0 saturated carbocycles. The molecular weight excluding hydrogens is 470 g/mol. The quantitative estimate of drug-likeness (QED) is 0.429. The Balaban J connectivity index is 1.52. The van der Waals surface area contributed by atoms with E-state index >= 15 is 0 Å². The average molecular weight is 504 g/mol. The van der Waals surface area contributed by atoms with Gasteiger partial charge in [-0.25, -0.2) is 4.79 Å². The number of hydrogen-bond donors (Lipinski definition) is 1. The number of carbonyl (C=O) groups excluding carboxylic acids is 2. The van der Waals surface area contributed by atoms with Gasteiger partial charge in [0.05, 0.1) is 24.4 Å². The van der Waals surface area contributed by atoms with Gasteiger partial charge in [-0.05, 0) is 70.1 Å². The Bertz CT molecular complexity index is 1020. The van der Waals surface area contributed by atoms with Crippen molar-refractivity contribution in [2.45, 2.75) is 39.3 Å². The van der Waals surface area contributed by atoms with E-state index in [1.807, 2.05) is 24.3 Å². The van der Waals surface area contributed by atoms with Crippen molar-refractivity contribution in [1.29, 1.82) is 0 Å². The van der Waals surface area contributed by atoms with Crippen LogP contribution in [0, 0.1) is 0 Å². The van der Waals surface area contributed by atoms with Crippen LogP contribution in [0.15, 0.2) is 42.5 Å². The predicted molar refractivity (Wildman–Crippen MR) is 136 cm³/mol. The van der Waals surface area contributed by atoms with Crippen molar-refractivity contribution in [2.75, 3.05) is 45.2 Å². The molecule has 0 aliphatic carbocycles. The highest BCUT2D eigenvalue weighted by Crippen LogP contribution is 2.29. The zero-order valence-electron chi connectivity index (χ0n) is 20.8. The van der Waals surface area contributed by atoms with Gasteiger partial charge in [0.1, 0.15) is 5.60 Å². The number of carbonyl (C=O) groups is 2. The molecule has 1 saturated heterocycles. The van der Waals surface area contributed by atoms with Crippen molar-refractivity contribution >= 4 is 29.4 Å². The summed E-state index contributed by atoms with van der Waals surface area (Å²) in [5, 5.41) is 3.42. The second-order valence-corrected chi connectivity index (χ2v) is 9.89. The first-order chi connectivity index (χ1) is 16.6. The summed E-state index contributed by atoms with van der Waals surface area (Å²) in [5.41, 5.74) is 1.03. The highest BCUT2D eigenvalue weighted by molar-refractivity contribution is 6.33. The van der Waals surface area contributed by atoms with Crippen LogP contribution < -0.4 is 14.8 Å². The second kappa shape index (κ2) is 12.2. The van der Waals surface area contributed by atoms with E-state index in [9.17, 15) is 9.59 Å². The van der Waals surface area contributed by atoms with Crippen molar-refractivity contribution in [3.8, 4) is 11.5 Å². The van der Waals surface area contributed by atoms with Crippen LogP contribution in [0.25, 0.3) is 0 Å². The van der Waals surface area contributed by atoms with Crippen LogP contribution in [-0.4, -0.2) is 67.3 Å². The SMILES string of the molecule is COc1cc(CN2CCCN(CC(=O)Nc3ccccc3Cl)CC2)ccc1OC(=O)OC(C)(C)C. The minimum Gasteiger partial charge on any atom is -0.493 e. The number of benzene rings is 2. The van der Waals surface area contributed by atoms with Crippen molar-refractivity contribution < 1.29 is 23.8 Å². The molecule has 1 aliphatic rings. The zero-order valence-corrected chi connectivity index (χ0v) is 21.6. The summed E-state index contributed by atoms with van der Waals surface area (Å²) in [6, 6.07) is 12.7. The van der Waals surface area contributed by atoms with Crippen molar-refractivity contribution in [3.63, 3.8) is 0 Å². The summed E-state index contributed by atoms with van der Waals surface area (Å²) in [4.78, 5) is 29.0. The maximum absolute atomic E-state index is 12.5. The van der Waals surface area contributed by atoms with E-state index in [1.54, 1.807) is 46.1 Å². The molecule has 8 nitrogen and oxygen atoms in total. The van der Waals surface area contributed by atoms with Crippen molar-refractivity contribution in [3.05, 3.63) is 53.1 Å². The fraction of sp³-hybridized carbons (Fsp3) is 0.462. The molecule has 1 aliphatic heterocycles. The first-order valence-electron chi connectivity index (χ1n) is 11.7. The van der Waals surface area contributed by atoms with Crippen LogP contribution in [0.1, 0.15) is 32.8 Å². The van der Waals surface area contributed by atoms with Gasteiger partial charge >= 0.3 is 6.16 Å². The average Bonchev–Trinajstić information content (AvgIpc) is 3.00. The number of anilines is 1. The Kier molecular flexibility index (Phi) is 9.37.